The molecule has 34 heavy (non-hydrogen) atoms. The Hall–Kier alpha value is -2.87. The zero-order valence-corrected chi connectivity index (χ0v) is 20.4. The van der Waals surface area contributed by atoms with Crippen molar-refractivity contribution < 1.29 is 18.0 Å². The summed E-state index contributed by atoms with van der Waals surface area (Å²) < 4.78 is 27.5. The topological polar surface area (TPSA) is 95.6 Å². The summed E-state index contributed by atoms with van der Waals surface area (Å²) in [4.78, 5) is 27.8. The monoisotopic (exact) mass is 483 g/mol. The molecule has 1 saturated carbocycles. The second-order valence-corrected chi connectivity index (χ2v) is 11.2. The summed E-state index contributed by atoms with van der Waals surface area (Å²) in [5.41, 5.74) is 0.864. The van der Waals surface area contributed by atoms with Crippen molar-refractivity contribution in [3.05, 3.63) is 60.2 Å². The molecule has 2 fully saturated rings. The van der Waals surface area contributed by atoms with Gasteiger partial charge in [0, 0.05) is 30.4 Å². The second kappa shape index (κ2) is 10.6. The molecule has 8 heteroatoms. The quantitative estimate of drug-likeness (QED) is 0.648. The van der Waals surface area contributed by atoms with Crippen LogP contribution in [-0.2, 0) is 14.8 Å². The van der Waals surface area contributed by atoms with E-state index >= 15 is 0 Å². The minimum atomic E-state index is -3.69. The summed E-state index contributed by atoms with van der Waals surface area (Å²) in [7, 11) is -3.69. The first-order valence-corrected chi connectivity index (χ1v) is 13.6. The zero-order valence-electron chi connectivity index (χ0n) is 19.6. The van der Waals surface area contributed by atoms with Crippen LogP contribution >= 0.6 is 0 Å². The molecule has 182 valence electrons. The van der Waals surface area contributed by atoms with Gasteiger partial charge in [0.15, 0.2) is 0 Å². The minimum Gasteiger partial charge on any atom is -0.353 e. The number of carbonyl (C=O) groups excluding carboxylic acids is 2. The van der Waals surface area contributed by atoms with E-state index in [1.807, 2.05) is 0 Å². The fraction of sp³-hybridized carbons (Fsp3) is 0.462. The van der Waals surface area contributed by atoms with Gasteiger partial charge >= 0.3 is 0 Å². The first-order valence-electron chi connectivity index (χ1n) is 12.1. The molecule has 1 saturated heterocycles. The van der Waals surface area contributed by atoms with Crippen LogP contribution in [0.25, 0.3) is 0 Å². The zero-order chi connectivity index (χ0) is 24.1. The number of amides is 2. The molecule has 2 amide bonds. The predicted molar refractivity (Wildman–Crippen MR) is 132 cm³/mol. The van der Waals surface area contributed by atoms with E-state index < -0.39 is 10.0 Å². The van der Waals surface area contributed by atoms with Crippen LogP contribution in [0, 0.1) is 11.8 Å². The molecule has 0 radical (unpaired) electrons. The van der Waals surface area contributed by atoms with Gasteiger partial charge in [0.25, 0.3) is 15.9 Å². The Balaban J connectivity index is 1.34. The van der Waals surface area contributed by atoms with Crippen molar-refractivity contribution in [1.29, 1.82) is 0 Å². The van der Waals surface area contributed by atoms with Crippen LogP contribution in [-0.4, -0.2) is 44.3 Å². The van der Waals surface area contributed by atoms with Crippen molar-refractivity contribution in [3.8, 4) is 0 Å². The summed E-state index contributed by atoms with van der Waals surface area (Å²) in [5.74, 6) is 0.467. The van der Waals surface area contributed by atoms with E-state index in [1.165, 1.54) is 12.1 Å². The number of carbonyl (C=O) groups is 2. The third-order valence-corrected chi connectivity index (χ3v) is 8.28. The molecule has 2 aromatic rings. The molecule has 0 aromatic heterocycles. The van der Waals surface area contributed by atoms with Gasteiger partial charge in [-0.05, 0) is 80.8 Å². The van der Waals surface area contributed by atoms with Gasteiger partial charge < -0.3 is 10.2 Å². The number of piperidine rings is 1. The third-order valence-electron chi connectivity index (χ3n) is 6.88. The van der Waals surface area contributed by atoms with E-state index in [0.717, 1.165) is 44.4 Å². The highest BCUT2D eigenvalue weighted by molar-refractivity contribution is 7.92. The van der Waals surface area contributed by atoms with Gasteiger partial charge in [-0.15, -0.1) is 0 Å². The maximum absolute atomic E-state index is 13.1. The van der Waals surface area contributed by atoms with Crippen molar-refractivity contribution in [2.24, 2.45) is 11.8 Å². The second-order valence-electron chi connectivity index (χ2n) is 9.55. The number of anilines is 1. The average molecular weight is 484 g/mol. The van der Waals surface area contributed by atoms with Gasteiger partial charge in [0.05, 0.1) is 10.8 Å². The van der Waals surface area contributed by atoms with Crippen molar-refractivity contribution in [1.82, 2.24) is 10.2 Å². The number of likely N-dealkylation sites (tertiary alicyclic amines) is 1. The number of benzene rings is 2. The Labute approximate surface area is 202 Å². The Morgan fingerprint density at radius 1 is 0.912 bits per heavy atom. The molecule has 7 nitrogen and oxygen atoms in total. The molecular formula is C26H33N3O4S. The molecule has 2 N–H and O–H groups in total. The number of hydrogen-bond acceptors (Lipinski definition) is 4. The lowest BCUT2D eigenvalue weighted by atomic mass is 9.87. The van der Waals surface area contributed by atoms with Crippen LogP contribution in [0.1, 0.15) is 55.8 Å². The molecule has 0 bridgehead atoms. The Kier molecular flexibility index (Phi) is 7.56. The first kappa shape index (κ1) is 24.3. The van der Waals surface area contributed by atoms with Crippen LogP contribution in [0.4, 0.5) is 5.69 Å². The van der Waals surface area contributed by atoms with E-state index in [-0.39, 0.29) is 28.7 Å². The molecular weight excluding hydrogens is 450 g/mol. The average Bonchev–Trinajstić information content (AvgIpc) is 2.86. The molecule has 0 spiro atoms. The number of rotatable bonds is 6. The van der Waals surface area contributed by atoms with Crippen LogP contribution in [0.2, 0.25) is 0 Å². The number of hydrogen-bond donors (Lipinski definition) is 2. The van der Waals surface area contributed by atoms with Gasteiger partial charge in [0.1, 0.15) is 0 Å². The van der Waals surface area contributed by atoms with Crippen LogP contribution in [0.3, 0.4) is 0 Å². The van der Waals surface area contributed by atoms with Crippen molar-refractivity contribution in [2.75, 3.05) is 17.8 Å². The van der Waals surface area contributed by atoms with Gasteiger partial charge in [-0.1, -0.05) is 25.1 Å². The molecule has 1 heterocycles. The smallest absolute Gasteiger partial charge is 0.261 e. The molecule has 1 aliphatic carbocycles. The van der Waals surface area contributed by atoms with Gasteiger partial charge in [-0.2, -0.15) is 0 Å². The van der Waals surface area contributed by atoms with Crippen molar-refractivity contribution in [3.63, 3.8) is 0 Å². The fourth-order valence-electron chi connectivity index (χ4n) is 4.78. The normalized spacial score (nSPS) is 23.2. The SMILES string of the molecule is CC1CCC(NC(=O)[C@@H]2CCCN(C(=O)c3ccc(NS(=O)(=O)c4ccccc4)cc3)C2)CC1. The van der Waals surface area contributed by atoms with Crippen molar-refractivity contribution >= 4 is 27.5 Å². The molecule has 4 rings (SSSR count). The molecule has 0 unspecified atom stereocenters. The third kappa shape index (κ3) is 5.97. The number of sulfonamides is 1. The molecule has 2 aliphatic rings. The van der Waals surface area contributed by atoms with Crippen LogP contribution < -0.4 is 10.0 Å². The maximum atomic E-state index is 13.1. The standard InChI is InChI=1S/C26H33N3O4S/c1-19-9-13-22(14-10-19)27-25(30)21-6-5-17-29(18-21)26(31)20-11-15-23(16-12-20)28-34(32,33)24-7-3-2-4-8-24/h2-4,7-8,11-12,15-16,19,21-22,28H,5-6,9-10,13-14,17-18H2,1H3,(H,27,30)/t19?,21-,22?/m1/s1. The van der Waals surface area contributed by atoms with Crippen LogP contribution in [0.15, 0.2) is 59.5 Å². The lowest BCUT2D eigenvalue weighted by Crippen LogP contribution is -2.48. The summed E-state index contributed by atoms with van der Waals surface area (Å²) in [6, 6.07) is 14.8. The Bertz CT molecular complexity index is 1090. The Morgan fingerprint density at radius 3 is 2.26 bits per heavy atom. The first-order chi connectivity index (χ1) is 16.3. The number of nitrogens with one attached hydrogen (secondary N) is 2. The maximum Gasteiger partial charge on any atom is 0.261 e. The summed E-state index contributed by atoms with van der Waals surface area (Å²) in [6.45, 7) is 3.29. The van der Waals surface area contributed by atoms with E-state index in [1.54, 1.807) is 47.4 Å². The van der Waals surface area contributed by atoms with Crippen molar-refractivity contribution in [2.45, 2.75) is 56.4 Å². The number of nitrogens with zero attached hydrogens (tertiary/aromatic N) is 1. The minimum absolute atomic E-state index is 0.0581. The molecule has 2 aromatic carbocycles. The Morgan fingerprint density at radius 2 is 1.59 bits per heavy atom. The lowest BCUT2D eigenvalue weighted by Gasteiger charge is -2.34. The highest BCUT2D eigenvalue weighted by Gasteiger charge is 2.30. The summed E-state index contributed by atoms with van der Waals surface area (Å²) in [5, 5.41) is 3.21. The van der Waals surface area contributed by atoms with E-state index in [0.29, 0.717) is 24.3 Å². The van der Waals surface area contributed by atoms with Gasteiger partial charge in [-0.3, -0.25) is 14.3 Å². The van der Waals surface area contributed by atoms with E-state index in [9.17, 15) is 18.0 Å². The lowest BCUT2D eigenvalue weighted by molar-refractivity contribution is -0.127. The summed E-state index contributed by atoms with van der Waals surface area (Å²) >= 11 is 0. The van der Waals surface area contributed by atoms with Crippen LogP contribution in [0.5, 0.6) is 0 Å². The highest BCUT2D eigenvalue weighted by Crippen LogP contribution is 2.25. The largest absolute Gasteiger partial charge is 0.353 e. The predicted octanol–water partition coefficient (Wildman–Crippen LogP) is 4.03. The summed E-state index contributed by atoms with van der Waals surface area (Å²) in [6.07, 6.45) is 5.94. The van der Waals surface area contributed by atoms with Gasteiger partial charge in [-0.25, -0.2) is 8.42 Å². The highest BCUT2D eigenvalue weighted by atomic mass is 32.2. The van der Waals surface area contributed by atoms with Gasteiger partial charge in [0.2, 0.25) is 5.91 Å². The van der Waals surface area contributed by atoms with E-state index in [2.05, 4.69) is 17.0 Å². The molecule has 1 atom stereocenters. The van der Waals surface area contributed by atoms with E-state index in [4.69, 9.17) is 0 Å². The molecule has 1 aliphatic heterocycles. The fourth-order valence-corrected chi connectivity index (χ4v) is 5.86.